The molecule has 0 aliphatic heterocycles. The van der Waals surface area contributed by atoms with Gasteiger partial charge in [0.05, 0.1) is 5.92 Å². The molecule has 0 heterocycles. The monoisotopic (exact) mass is 344 g/mol. The Bertz CT molecular complexity index is 643. The van der Waals surface area contributed by atoms with E-state index in [1.54, 1.807) is 6.07 Å². The largest absolute Gasteiger partial charge is 0.508 e. The number of rotatable bonds is 3. The minimum absolute atomic E-state index is 0.0580. The fourth-order valence-electron chi connectivity index (χ4n) is 6.22. The number of carboxylic acid groups (broad SMARTS) is 1. The highest BCUT2D eigenvalue weighted by molar-refractivity contribution is 5.70. The Morgan fingerprint density at radius 3 is 2.52 bits per heavy atom. The van der Waals surface area contributed by atoms with E-state index < -0.39 is 5.97 Å². The number of carboxylic acids is 1. The molecule has 0 bridgehead atoms. The van der Waals surface area contributed by atoms with Gasteiger partial charge in [-0.05, 0) is 85.0 Å². The summed E-state index contributed by atoms with van der Waals surface area (Å²) in [4.78, 5) is 12.0. The van der Waals surface area contributed by atoms with Gasteiger partial charge in [0.15, 0.2) is 0 Å². The molecule has 0 amide bonds. The van der Waals surface area contributed by atoms with E-state index in [2.05, 4.69) is 26.8 Å². The van der Waals surface area contributed by atoms with Gasteiger partial charge in [0.2, 0.25) is 0 Å². The molecule has 3 rings (SSSR count). The number of phenolic OH excluding ortho intramolecular Hbond substituents is 1. The molecule has 1 aromatic rings. The van der Waals surface area contributed by atoms with Crippen molar-refractivity contribution in [2.75, 3.05) is 0 Å². The van der Waals surface area contributed by atoms with Crippen LogP contribution in [0.5, 0.6) is 5.75 Å². The average molecular weight is 344 g/mol. The van der Waals surface area contributed by atoms with E-state index in [0.717, 1.165) is 36.8 Å². The first-order chi connectivity index (χ1) is 11.6. The van der Waals surface area contributed by atoms with Crippen molar-refractivity contribution in [3.05, 3.63) is 29.3 Å². The second-order valence-electron chi connectivity index (χ2n) is 9.41. The Balaban J connectivity index is 1.99. The van der Waals surface area contributed by atoms with E-state index in [4.69, 9.17) is 0 Å². The van der Waals surface area contributed by atoms with Gasteiger partial charge in [0.1, 0.15) is 5.75 Å². The number of carbonyl (C=O) groups is 1. The smallest absolute Gasteiger partial charge is 0.306 e. The molecule has 2 aliphatic carbocycles. The molecule has 2 saturated carbocycles. The summed E-state index contributed by atoms with van der Waals surface area (Å²) in [5.74, 6) is 0.0587. The first-order valence-electron chi connectivity index (χ1n) is 9.66. The zero-order valence-electron chi connectivity index (χ0n) is 16.0. The molecule has 0 radical (unpaired) electrons. The molecule has 0 spiro atoms. The van der Waals surface area contributed by atoms with Crippen molar-refractivity contribution in [3.63, 3.8) is 0 Å². The van der Waals surface area contributed by atoms with Gasteiger partial charge in [0, 0.05) is 0 Å². The van der Waals surface area contributed by atoms with Crippen LogP contribution in [-0.2, 0) is 11.2 Å². The van der Waals surface area contributed by atoms with Gasteiger partial charge >= 0.3 is 5.97 Å². The Hall–Kier alpha value is -1.51. The van der Waals surface area contributed by atoms with Crippen LogP contribution < -0.4 is 0 Å². The third-order valence-electron chi connectivity index (χ3n) is 7.27. The molecule has 138 valence electrons. The number of fused-ring (bicyclic) bond motifs is 1. The lowest BCUT2D eigenvalue weighted by atomic mass is 9.46. The maximum atomic E-state index is 12.0. The van der Waals surface area contributed by atoms with Crippen molar-refractivity contribution < 1.29 is 15.0 Å². The summed E-state index contributed by atoms with van der Waals surface area (Å²) in [7, 11) is 0. The maximum Gasteiger partial charge on any atom is 0.306 e. The molecule has 0 aromatic heterocycles. The van der Waals surface area contributed by atoms with Gasteiger partial charge in [-0.2, -0.15) is 0 Å². The van der Waals surface area contributed by atoms with Crippen LogP contribution >= 0.6 is 0 Å². The zero-order chi connectivity index (χ0) is 18.4. The zero-order valence-corrected chi connectivity index (χ0v) is 16.0. The number of aromatic hydroxyl groups is 1. The van der Waals surface area contributed by atoms with Crippen LogP contribution in [0.1, 0.15) is 64.0 Å². The van der Waals surface area contributed by atoms with Crippen LogP contribution in [0.4, 0.5) is 0 Å². The van der Waals surface area contributed by atoms with E-state index in [0.29, 0.717) is 5.92 Å². The molecule has 2 N–H and O–H groups in total. The van der Waals surface area contributed by atoms with E-state index in [9.17, 15) is 15.0 Å². The lowest BCUT2D eigenvalue weighted by Crippen LogP contribution is -2.53. The molecule has 0 saturated heterocycles. The highest BCUT2D eigenvalue weighted by atomic mass is 16.4. The maximum absolute atomic E-state index is 12.0. The molecule has 3 heteroatoms. The van der Waals surface area contributed by atoms with Crippen molar-refractivity contribution in [2.45, 2.75) is 66.2 Å². The molecule has 2 aliphatic rings. The predicted octanol–water partition coefficient (Wildman–Crippen LogP) is 5.19. The molecular formula is C22H32O3. The van der Waals surface area contributed by atoms with E-state index in [1.165, 1.54) is 12.8 Å². The fraction of sp³-hybridized carbons (Fsp3) is 0.682. The lowest BCUT2D eigenvalue weighted by molar-refractivity contribution is -0.157. The minimum Gasteiger partial charge on any atom is -0.508 e. The Morgan fingerprint density at radius 1 is 1.16 bits per heavy atom. The summed E-state index contributed by atoms with van der Waals surface area (Å²) in [6, 6.07) is 5.67. The normalized spacial score (nSPS) is 34.3. The molecule has 3 nitrogen and oxygen atoms in total. The minimum atomic E-state index is -0.648. The van der Waals surface area contributed by atoms with Crippen molar-refractivity contribution in [1.29, 1.82) is 0 Å². The third-order valence-corrected chi connectivity index (χ3v) is 7.27. The summed E-state index contributed by atoms with van der Waals surface area (Å²) in [5, 5.41) is 19.8. The Morgan fingerprint density at radius 2 is 1.88 bits per heavy atom. The third kappa shape index (κ3) is 3.30. The number of hydrogen-bond acceptors (Lipinski definition) is 2. The summed E-state index contributed by atoms with van der Waals surface area (Å²) < 4.78 is 0. The van der Waals surface area contributed by atoms with Gasteiger partial charge in [0.25, 0.3) is 0 Å². The van der Waals surface area contributed by atoms with E-state index in [1.807, 2.05) is 13.0 Å². The summed E-state index contributed by atoms with van der Waals surface area (Å²) in [5.41, 5.74) is 2.44. The number of aryl methyl sites for hydroxylation is 1. The SMILES string of the molecule is Cc1cc(O)cc(C[C@H]2[C@@H](C(=O)O)CC[C@H]3C(C)(C)CCC[C@]23C)c1. The van der Waals surface area contributed by atoms with Gasteiger partial charge in [-0.15, -0.1) is 0 Å². The van der Waals surface area contributed by atoms with Gasteiger partial charge in [-0.3, -0.25) is 4.79 Å². The Labute approximate surface area is 151 Å². The highest BCUT2D eigenvalue weighted by Gasteiger charge is 2.55. The quantitative estimate of drug-likeness (QED) is 0.793. The predicted molar refractivity (Wildman–Crippen MR) is 99.6 cm³/mol. The second-order valence-corrected chi connectivity index (χ2v) is 9.41. The Kier molecular flexibility index (Phi) is 4.63. The topological polar surface area (TPSA) is 57.5 Å². The molecule has 25 heavy (non-hydrogen) atoms. The standard InChI is InChI=1S/C22H32O3/c1-14-10-15(12-16(23)11-14)13-18-17(20(24)25)6-7-19-21(2,3)8-5-9-22(18,19)4/h10-12,17-19,23H,5-9,13H2,1-4H3,(H,24,25)/t17-,18-,19-,22+/m0/s1. The van der Waals surface area contributed by atoms with Crippen molar-refractivity contribution in [1.82, 2.24) is 0 Å². The summed E-state index contributed by atoms with van der Waals surface area (Å²) in [6.07, 6.45) is 6.09. The van der Waals surface area contributed by atoms with Crippen LogP contribution in [0, 0.1) is 35.5 Å². The second kappa shape index (κ2) is 6.34. The molecular weight excluding hydrogens is 312 g/mol. The number of hydrogen-bond donors (Lipinski definition) is 2. The van der Waals surface area contributed by atoms with Crippen molar-refractivity contribution in [3.8, 4) is 5.75 Å². The summed E-state index contributed by atoms with van der Waals surface area (Å²) >= 11 is 0. The van der Waals surface area contributed by atoms with Crippen LogP contribution in [0.2, 0.25) is 0 Å². The molecule has 0 unspecified atom stereocenters. The van der Waals surface area contributed by atoms with E-state index in [-0.39, 0.29) is 28.4 Å². The number of aliphatic carboxylic acids is 1. The average Bonchev–Trinajstić information content (AvgIpc) is 2.46. The lowest BCUT2D eigenvalue weighted by Gasteiger charge is -2.59. The first-order valence-corrected chi connectivity index (χ1v) is 9.66. The van der Waals surface area contributed by atoms with Crippen LogP contribution in [0.3, 0.4) is 0 Å². The van der Waals surface area contributed by atoms with Crippen LogP contribution in [0.25, 0.3) is 0 Å². The van der Waals surface area contributed by atoms with E-state index >= 15 is 0 Å². The fourth-order valence-corrected chi connectivity index (χ4v) is 6.22. The molecule has 2 fully saturated rings. The summed E-state index contributed by atoms with van der Waals surface area (Å²) in [6.45, 7) is 9.05. The van der Waals surface area contributed by atoms with Gasteiger partial charge in [-0.1, -0.05) is 33.3 Å². The first kappa shape index (κ1) is 18.3. The molecule has 1 aromatic carbocycles. The van der Waals surface area contributed by atoms with Crippen LogP contribution in [0.15, 0.2) is 18.2 Å². The number of phenols is 1. The molecule has 4 atom stereocenters. The van der Waals surface area contributed by atoms with Gasteiger partial charge in [-0.25, -0.2) is 0 Å². The van der Waals surface area contributed by atoms with Crippen LogP contribution in [-0.4, -0.2) is 16.2 Å². The van der Waals surface area contributed by atoms with Gasteiger partial charge < -0.3 is 10.2 Å². The number of benzene rings is 1. The van der Waals surface area contributed by atoms with Crippen molar-refractivity contribution in [2.24, 2.45) is 28.6 Å². The van der Waals surface area contributed by atoms with Crippen molar-refractivity contribution >= 4 is 5.97 Å². The highest BCUT2D eigenvalue weighted by Crippen LogP contribution is 2.61.